The van der Waals surface area contributed by atoms with Crippen LogP contribution >= 0.6 is 12.4 Å². The van der Waals surface area contributed by atoms with Crippen molar-refractivity contribution in [3.05, 3.63) is 24.2 Å². The van der Waals surface area contributed by atoms with E-state index in [1.165, 1.54) is 6.26 Å². The molecule has 0 saturated carbocycles. The molecule has 0 atom stereocenters. The van der Waals surface area contributed by atoms with Gasteiger partial charge in [0.15, 0.2) is 5.76 Å². The van der Waals surface area contributed by atoms with Crippen LogP contribution in [0.25, 0.3) is 0 Å². The van der Waals surface area contributed by atoms with Gasteiger partial charge in [0.2, 0.25) is 5.91 Å². The summed E-state index contributed by atoms with van der Waals surface area (Å²) in [6, 6.07) is 3.21. The maximum absolute atomic E-state index is 11.5. The summed E-state index contributed by atoms with van der Waals surface area (Å²) in [7, 11) is 1.64. The zero-order valence-electron chi connectivity index (χ0n) is 12.0. The van der Waals surface area contributed by atoms with Gasteiger partial charge in [-0.1, -0.05) is 0 Å². The summed E-state index contributed by atoms with van der Waals surface area (Å²) in [5, 5.41) is 8.47. The minimum atomic E-state index is -0.316. The van der Waals surface area contributed by atoms with Gasteiger partial charge in [-0.15, -0.1) is 12.4 Å². The summed E-state index contributed by atoms with van der Waals surface area (Å²) >= 11 is 0. The van der Waals surface area contributed by atoms with Crippen LogP contribution in [0, 0.1) is 0 Å². The summed E-state index contributed by atoms with van der Waals surface area (Å²) in [6.45, 7) is 2.92. The number of halogens is 1. The highest BCUT2D eigenvalue weighted by Crippen LogP contribution is 1.98. The van der Waals surface area contributed by atoms with Crippen molar-refractivity contribution in [2.45, 2.75) is 6.42 Å². The molecule has 1 rings (SSSR count). The third-order valence-electron chi connectivity index (χ3n) is 2.49. The summed E-state index contributed by atoms with van der Waals surface area (Å²) in [4.78, 5) is 23.0. The first-order valence-corrected chi connectivity index (χ1v) is 6.52. The van der Waals surface area contributed by atoms with Gasteiger partial charge < -0.3 is 25.1 Å². The minimum Gasteiger partial charge on any atom is -0.459 e. The molecular formula is C13H22ClN3O4. The Kier molecular flexibility index (Phi) is 11.3. The molecule has 8 heteroatoms. The quantitative estimate of drug-likeness (QED) is 0.535. The van der Waals surface area contributed by atoms with Crippen molar-refractivity contribution in [2.24, 2.45) is 0 Å². The Morgan fingerprint density at radius 1 is 1.19 bits per heavy atom. The Labute approximate surface area is 130 Å². The van der Waals surface area contributed by atoms with Crippen LogP contribution in [0.15, 0.2) is 22.8 Å². The van der Waals surface area contributed by atoms with E-state index in [4.69, 9.17) is 9.15 Å². The van der Waals surface area contributed by atoms with E-state index < -0.39 is 0 Å². The van der Waals surface area contributed by atoms with Gasteiger partial charge in [0.1, 0.15) is 0 Å². The van der Waals surface area contributed by atoms with Crippen molar-refractivity contribution >= 4 is 24.2 Å². The second kappa shape index (κ2) is 12.2. The molecule has 120 valence electrons. The molecule has 0 spiro atoms. The molecule has 0 fully saturated rings. The minimum absolute atomic E-state index is 0. The number of furan rings is 1. The lowest BCUT2D eigenvalue weighted by atomic mass is 10.3. The standard InChI is InChI=1S/C13H21N3O4.ClH/c1-19-10-8-14-6-7-15-12(17)4-5-16-13(18)11-3-2-9-20-11;/h2-3,9,14H,4-8,10H2,1H3,(H,15,17)(H,16,18);1H. The molecular weight excluding hydrogens is 298 g/mol. The van der Waals surface area contributed by atoms with Gasteiger partial charge in [0.25, 0.3) is 5.91 Å². The molecule has 1 aromatic rings. The average Bonchev–Trinajstić information content (AvgIpc) is 2.96. The fourth-order valence-corrected chi connectivity index (χ4v) is 1.46. The number of methoxy groups -OCH3 is 1. The number of hydrogen-bond acceptors (Lipinski definition) is 5. The van der Waals surface area contributed by atoms with Gasteiger partial charge in [0, 0.05) is 39.7 Å². The Hall–Kier alpha value is -1.57. The normalized spacial score (nSPS) is 9.76. The summed E-state index contributed by atoms with van der Waals surface area (Å²) in [5.74, 6) is -0.171. The first-order valence-electron chi connectivity index (χ1n) is 6.52. The van der Waals surface area contributed by atoms with Crippen LogP contribution < -0.4 is 16.0 Å². The molecule has 0 aliphatic rings. The van der Waals surface area contributed by atoms with Gasteiger partial charge in [-0.3, -0.25) is 9.59 Å². The molecule has 0 bridgehead atoms. The third kappa shape index (κ3) is 9.06. The smallest absolute Gasteiger partial charge is 0.286 e. The Morgan fingerprint density at radius 3 is 2.67 bits per heavy atom. The predicted octanol–water partition coefficient (Wildman–Crippen LogP) is 0.173. The van der Waals surface area contributed by atoms with Crippen molar-refractivity contribution in [3.8, 4) is 0 Å². The van der Waals surface area contributed by atoms with Crippen LogP contribution in [-0.4, -0.2) is 51.7 Å². The number of carbonyl (C=O) groups excluding carboxylic acids is 2. The van der Waals surface area contributed by atoms with Gasteiger partial charge >= 0.3 is 0 Å². The van der Waals surface area contributed by atoms with E-state index in [-0.39, 0.29) is 42.9 Å². The number of carbonyl (C=O) groups is 2. The van der Waals surface area contributed by atoms with Gasteiger partial charge in [0.05, 0.1) is 12.9 Å². The number of ether oxygens (including phenoxy) is 1. The number of rotatable bonds is 10. The summed E-state index contributed by atoms with van der Waals surface area (Å²) in [5.41, 5.74) is 0. The van der Waals surface area contributed by atoms with E-state index >= 15 is 0 Å². The zero-order valence-corrected chi connectivity index (χ0v) is 12.8. The third-order valence-corrected chi connectivity index (χ3v) is 2.49. The fourth-order valence-electron chi connectivity index (χ4n) is 1.46. The largest absolute Gasteiger partial charge is 0.459 e. The highest BCUT2D eigenvalue weighted by atomic mass is 35.5. The Morgan fingerprint density at radius 2 is 2.00 bits per heavy atom. The van der Waals surface area contributed by atoms with E-state index in [9.17, 15) is 9.59 Å². The molecule has 3 N–H and O–H groups in total. The Bertz CT molecular complexity index is 398. The molecule has 7 nitrogen and oxygen atoms in total. The molecule has 1 heterocycles. The van der Waals surface area contributed by atoms with Crippen molar-refractivity contribution in [3.63, 3.8) is 0 Å². The van der Waals surface area contributed by atoms with Crippen LogP contribution in [0.1, 0.15) is 17.0 Å². The first-order chi connectivity index (χ1) is 9.74. The molecule has 0 saturated heterocycles. The number of nitrogens with one attached hydrogen (secondary N) is 3. The topological polar surface area (TPSA) is 92.6 Å². The van der Waals surface area contributed by atoms with Crippen LogP contribution in [-0.2, 0) is 9.53 Å². The maximum atomic E-state index is 11.5. The van der Waals surface area contributed by atoms with E-state index in [0.717, 1.165) is 6.54 Å². The lowest BCUT2D eigenvalue weighted by Gasteiger charge is -2.07. The van der Waals surface area contributed by atoms with Crippen LogP contribution in [0.3, 0.4) is 0 Å². The number of amides is 2. The van der Waals surface area contributed by atoms with Crippen LogP contribution in [0.5, 0.6) is 0 Å². The van der Waals surface area contributed by atoms with Crippen molar-refractivity contribution in [2.75, 3.05) is 39.9 Å². The van der Waals surface area contributed by atoms with E-state index in [1.54, 1.807) is 19.2 Å². The molecule has 0 aromatic carbocycles. The second-order valence-electron chi connectivity index (χ2n) is 4.08. The average molecular weight is 320 g/mol. The van der Waals surface area contributed by atoms with Gasteiger partial charge in [-0.25, -0.2) is 0 Å². The van der Waals surface area contributed by atoms with E-state index in [2.05, 4.69) is 16.0 Å². The predicted molar refractivity (Wildman–Crippen MR) is 80.7 cm³/mol. The highest BCUT2D eigenvalue weighted by molar-refractivity contribution is 5.91. The maximum Gasteiger partial charge on any atom is 0.286 e. The van der Waals surface area contributed by atoms with Crippen LogP contribution in [0.2, 0.25) is 0 Å². The van der Waals surface area contributed by atoms with Crippen LogP contribution in [0.4, 0.5) is 0 Å². The first kappa shape index (κ1) is 19.4. The fraction of sp³-hybridized carbons (Fsp3) is 0.538. The van der Waals surface area contributed by atoms with Gasteiger partial charge in [-0.2, -0.15) is 0 Å². The van der Waals surface area contributed by atoms with E-state index in [0.29, 0.717) is 19.7 Å². The lowest BCUT2D eigenvalue weighted by Crippen LogP contribution is -2.35. The molecule has 21 heavy (non-hydrogen) atoms. The summed E-state index contributed by atoms with van der Waals surface area (Å²) < 4.78 is 9.81. The molecule has 0 aliphatic heterocycles. The molecule has 0 unspecified atom stereocenters. The van der Waals surface area contributed by atoms with Gasteiger partial charge in [-0.05, 0) is 12.1 Å². The molecule has 2 amide bonds. The zero-order chi connectivity index (χ0) is 14.6. The van der Waals surface area contributed by atoms with Crippen molar-refractivity contribution in [1.29, 1.82) is 0 Å². The SMILES string of the molecule is COCCNCCNC(=O)CCNC(=O)c1ccco1.Cl. The van der Waals surface area contributed by atoms with Crippen molar-refractivity contribution in [1.82, 2.24) is 16.0 Å². The Balaban J connectivity index is 0.00000400. The second-order valence-corrected chi connectivity index (χ2v) is 4.08. The molecule has 0 aliphatic carbocycles. The summed E-state index contributed by atoms with van der Waals surface area (Å²) in [6.07, 6.45) is 1.67. The van der Waals surface area contributed by atoms with E-state index in [1.807, 2.05) is 0 Å². The highest BCUT2D eigenvalue weighted by Gasteiger charge is 2.08. The van der Waals surface area contributed by atoms with Crippen molar-refractivity contribution < 1.29 is 18.7 Å². The number of hydrogen-bond donors (Lipinski definition) is 3. The lowest BCUT2D eigenvalue weighted by molar-refractivity contribution is -0.120. The molecule has 0 radical (unpaired) electrons. The molecule has 1 aromatic heterocycles. The monoisotopic (exact) mass is 319 g/mol.